The number of nitriles is 1. The third-order valence-corrected chi connectivity index (χ3v) is 3.22. The zero-order chi connectivity index (χ0) is 13.9. The molecule has 2 heterocycles. The number of rotatable bonds is 2. The summed E-state index contributed by atoms with van der Waals surface area (Å²) in [5.41, 5.74) is 2.47. The molecule has 0 fully saturated rings. The fraction of sp³-hybridized carbons (Fsp3) is 0.0667. The molecule has 0 unspecified atom stereocenters. The second-order valence-electron chi connectivity index (χ2n) is 4.21. The standard InChI is InChI=1S/C15H9ClN4/c16-15-14(10(9-17)11-5-3-4-8-18-11)19-12-6-1-2-7-13(12)20-15/h1-8,10H/t10-/m1/s1. The minimum absolute atomic E-state index is 0.237. The van der Waals surface area contributed by atoms with Crippen molar-refractivity contribution >= 4 is 22.6 Å². The first kappa shape index (κ1) is 12.5. The molecule has 2 aromatic heterocycles. The van der Waals surface area contributed by atoms with Gasteiger partial charge in [0.2, 0.25) is 0 Å². The molecular formula is C15H9ClN4. The first-order valence-electron chi connectivity index (χ1n) is 6.02. The summed E-state index contributed by atoms with van der Waals surface area (Å²) in [5.74, 6) is -0.624. The van der Waals surface area contributed by atoms with Gasteiger partial charge < -0.3 is 0 Å². The highest BCUT2D eigenvalue weighted by Crippen LogP contribution is 2.27. The van der Waals surface area contributed by atoms with E-state index < -0.39 is 5.92 Å². The van der Waals surface area contributed by atoms with E-state index in [2.05, 4.69) is 21.0 Å². The molecule has 1 atom stereocenters. The Bertz CT molecular complexity index is 796. The van der Waals surface area contributed by atoms with Crippen LogP contribution in [0.4, 0.5) is 0 Å². The normalized spacial score (nSPS) is 12.0. The van der Waals surface area contributed by atoms with Gasteiger partial charge in [-0.3, -0.25) is 4.98 Å². The van der Waals surface area contributed by atoms with E-state index in [1.165, 1.54) is 0 Å². The molecule has 20 heavy (non-hydrogen) atoms. The third kappa shape index (κ3) is 2.20. The number of pyridine rings is 1. The molecule has 5 heteroatoms. The van der Waals surface area contributed by atoms with Crippen LogP contribution in [-0.4, -0.2) is 15.0 Å². The van der Waals surface area contributed by atoms with Gasteiger partial charge in [-0.1, -0.05) is 29.8 Å². The molecule has 96 valence electrons. The third-order valence-electron chi connectivity index (χ3n) is 2.94. The number of halogens is 1. The van der Waals surface area contributed by atoms with Crippen LogP contribution in [0.5, 0.6) is 0 Å². The Balaban J connectivity index is 2.18. The quantitative estimate of drug-likeness (QED) is 0.722. The number of hydrogen-bond acceptors (Lipinski definition) is 4. The molecule has 4 nitrogen and oxygen atoms in total. The Hall–Kier alpha value is -2.51. The Morgan fingerprint density at radius 3 is 2.35 bits per heavy atom. The average molecular weight is 281 g/mol. The lowest BCUT2D eigenvalue weighted by Crippen LogP contribution is -2.05. The number of para-hydroxylation sites is 2. The summed E-state index contributed by atoms with van der Waals surface area (Å²) in [7, 11) is 0. The molecule has 0 amide bonds. The van der Waals surface area contributed by atoms with E-state index in [1.807, 2.05) is 30.3 Å². The Kier molecular flexibility index (Phi) is 3.28. The van der Waals surface area contributed by atoms with Crippen LogP contribution in [0, 0.1) is 11.3 Å². The van der Waals surface area contributed by atoms with E-state index in [0.717, 1.165) is 0 Å². The molecule has 0 N–H and O–H groups in total. The zero-order valence-corrected chi connectivity index (χ0v) is 11.1. The van der Waals surface area contributed by atoms with E-state index >= 15 is 0 Å². The maximum Gasteiger partial charge on any atom is 0.153 e. The molecule has 3 aromatic rings. The first-order chi connectivity index (χ1) is 9.79. The van der Waals surface area contributed by atoms with Gasteiger partial charge in [-0.25, -0.2) is 9.97 Å². The van der Waals surface area contributed by atoms with Crippen molar-refractivity contribution in [3.63, 3.8) is 0 Å². The molecule has 0 aliphatic heterocycles. The van der Waals surface area contributed by atoms with Crippen LogP contribution in [0.1, 0.15) is 17.3 Å². The summed E-state index contributed by atoms with van der Waals surface area (Å²) < 4.78 is 0. The lowest BCUT2D eigenvalue weighted by molar-refractivity contribution is 0.916. The Morgan fingerprint density at radius 1 is 1.00 bits per heavy atom. The van der Waals surface area contributed by atoms with Gasteiger partial charge in [-0.05, 0) is 24.3 Å². The van der Waals surface area contributed by atoms with E-state index in [0.29, 0.717) is 22.4 Å². The van der Waals surface area contributed by atoms with Crippen molar-refractivity contribution in [1.82, 2.24) is 15.0 Å². The maximum absolute atomic E-state index is 9.41. The van der Waals surface area contributed by atoms with Crippen molar-refractivity contribution in [3.05, 3.63) is 65.2 Å². The van der Waals surface area contributed by atoms with E-state index in [1.54, 1.807) is 18.3 Å². The topological polar surface area (TPSA) is 62.5 Å². The minimum atomic E-state index is -0.624. The number of fused-ring (bicyclic) bond motifs is 1. The van der Waals surface area contributed by atoms with Crippen molar-refractivity contribution < 1.29 is 0 Å². The fourth-order valence-corrected chi connectivity index (χ4v) is 2.23. The highest BCUT2D eigenvalue weighted by Gasteiger charge is 2.21. The SMILES string of the molecule is N#C[C@H](c1ccccn1)c1nc2ccccc2nc1Cl. The average Bonchev–Trinajstić information content (AvgIpc) is 2.49. The van der Waals surface area contributed by atoms with Crippen molar-refractivity contribution in [3.8, 4) is 6.07 Å². The second-order valence-corrected chi connectivity index (χ2v) is 4.56. The van der Waals surface area contributed by atoms with Gasteiger partial charge in [0.25, 0.3) is 0 Å². The molecule has 0 spiro atoms. The molecular weight excluding hydrogens is 272 g/mol. The summed E-state index contributed by atoms with van der Waals surface area (Å²) >= 11 is 6.17. The highest BCUT2D eigenvalue weighted by molar-refractivity contribution is 6.30. The highest BCUT2D eigenvalue weighted by atomic mass is 35.5. The Morgan fingerprint density at radius 2 is 1.70 bits per heavy atom. The van der Waals surface area contributed by atoms with Gasteiger partial charge in [0, 0.05) is 6.20 Å². The molecule has 0 radical (unpaired) electrons. The molecule has 3 rings (SSSR count). The van der Waals surface area contributed by atoms with Crippen LogP contribution in [0.25, 0.3) is 11.0 Å². The zero-order valence-electron chi connectivity index (χ0n) is 10.4. The van der Waals surface area contributed by atoms with Crippen LogP contribution < -0.4 is 0 Å². The first-order valence-corrected chi connectivity index (χ1v) is 6.40. The monoisotopic (exact) mass is 280 g/mol. The van der Waals surface area contributed by atoms with E-state index in [9.17, 15) is 5.26 Å². The Labute approximate surface area is 120 Å². The summed E-state index contributed by atoms with van der Waals surface area (Å²) in [6.45, 7) is 0. The molecule has 0 saturated heterocycles. The smallest absolute Gasteiger partial charge is 0.153 e. The second kappa shape index (κ2) is 5.24. The van der Waals surface area contributed by atoms with Crippen molar-refractivity contribution in [1.29, 1.82) is 5.26 Å². The van der Waals surface area contributed by atoms with Crippen LogP contribution in [-0.2, 0) is 0 Å². The fourth-order valence-electron chi connectivity index (χ4n) is 1.99. The number of nitrogens with zero attached hydrogens (tertiary/aromatic N) is 4. The molecule has 0 saturated carbocycles. The molecule has 0 aliphatic rings. The minimum Gasteiger partial charge on any atom is -0.259 e. The largest absolute Gasteiger partial charge is 0.259 e. The van der Waals surface area contributed by atoms with Crippen LogP contribution in [0.15, 0.2) is 48.7 Å². The summed E-state index contributed by atoms with van der Waals surface area (Å²) in [6, 6.07) is 15.0. The maximum atomic E-state index is 9.41. The van der Waals surface area contributed by atoms with E-state index in [4.69, 9.17) is 11.6 Å². The van der Waals surface area contributed by atoms with Gasteiger partial charge in [0.05, 0.1) is 22.8 Å². The van der Waals surface area contributed by atoms with Crippen LogP contribution >= 0.6 is 11.6 Å². The van der Waals surface area contributed by atoms with Gasteiger partial charge >= 0.3 is 0 Å². The lowest BCUT2D eigenvalue weighted by atomic mass is 10.0. The number of hydrogen-bond donors (Lipinski definition) is 0. The number of benzene rings is 1. The predicted octanol–water partition coefficient (Wildman–Crippen LogP) is 3.33. The van der Waals surface area contributed by atoms with Gasteiger partial charge in [-0.2, -0.15) is 5.26 Å². The van der Waals surface area contributed by atoms with Crippen LogP contribution in [0.3, 0.4) is 0 Å². The summed E-state index contributed by atoms with van der Waals surface area (Å²) in [4.78, 5) is 13.0. The number of aromatic nitrogens is 3. The van der Waals surface area contributed by atoms with Gasteiger partial charge in [-0.15, -0.1) is 0 Å². The van der Waals surface area contributed by atoms with Crippen molar-refractivity contribution in [2.24, 2.45) is 0 Å². The van der Waals surface area contributed by atoms with Crippen LogP contribution in [0.2, 0.25) is 5.15 Å². The molecule has 1 aromatic carbocycles. The predicted molar refractivity (Wildman–Crippen MR) is 76.2 cm³/mol. The van der Waals surface area contributed by atoms with Gasteiger partial charge in [0.1, 0.15) is 11.6 Å². The molecule has 0 bridgehead atoms. The lowest BCUT2D eigenvalue weighted by Gasteiger charge is -2.10. The summed E-state index contributed by atoms with van der Waals surface area (Å²) in [5, 5.41) is 9.65. The van der Waals surface area contributed by atoms with Gasteiger partial charge in [0.15, 0.2) is 5.15 Å². The summed E-state index contributed by atoms with van der Waals surface area (Å²) in [6.07, 6.45) is 1.64. The van der Waals surface area contributed by atoms with E-state index in [-0.39, 0.29) is 5.15 Å². The van der Waals surface area contributed by atoms with Crippen molar-refractivity contribution in [2.45, 2.75) is 5.92 Å². The molecule has 0 aliphatic carbocycles. The van der Waals surface area contributed by atoms with Crippen molar-refractivity contribution in [2.75, 3.05) is 0 Å².